The highest BCUT2D eigenvalue weighted by Crippen LogP contribution is 2.35. The Balaban J connectivity index is 1.36. The van der Waals surface area contributed by atoms with Crippen LogP contribution in [0.4, 0.5) is 13.2 Å². The summed E-state index contributed by atoms with van der Waals surface area (Å²) in [5.74, 6) is -0.748. The highest BCUT2D eigenvalue weighted by Gasteiger charge is 2.55. The van der Waals surface area contributed by atoms with E-state index in [0.717, 1.165) is 25.0 Å². The van der Waals surface area contributed by atoms with Gasteiger partial charge in [0.2, 0.25) is 10.0 Å². The number of carbonyl (C=O) groups is 1. The highest BCUT2D eigenvalue weighted by atomic mass is 32.2. The Morgan fingerprint density at radius 1 is 1.00 bits per heavy atom. The van der Waals surface area contributed by atoms with Crippen LogP contribution in [0.5, 0.6) is 11.5 Å². The topological polar surface area (TPSA) is 113 Å². The van der Waals surface area contributed by atoms with E-state index >= 15 is 0 Å². The summed E-state index contributed by atoms with van der Waals surface area (Å²) in [5, 5.41) is 0. The summed E-state index contributed by atoms with van der Waals surface area (Å²) in [5.41, 5.74) is 2.34. The van der Waals surface area contributed by atoms with Crippen molar-refractivity contribution in [3.63, 3.8) is 0 Å². The number of sulfonamides is 1. The molecule has 14 heteroatoms. The van der Waals surface area contributed by atoms with Crippen molar-refractivity contribution in [2.24, 2.45) is 0 Å². The molecule has 1 atom stereocenters. The fourth-order valence-electron chi connectivity index (χ4n) is 4.67. The molecule has 1 aromatic carbocycles. The van der Waals surface area contributed by atoms with Gasteiger partial charge in [0, 0.05) is 52.2 Å². The molecule has 1 aromatic rings. The van der Waals surface area contributed by atoms with Gasteiger partial charge >= 0.3 is 6.36 Å². The van der Waals surface area contributed by atoms with Crippen LogP contribution in [0.2, 0.25) is 0 Å². The van der Waals surface area contributed by atoms with Crippen molar-refractivity contribution in [3.05, 3.63) is 24.3 Å². The number of piperidine rings is 1. The first-order valence-corrected chi connectivity index (χ1v) is 13.7. The van der Waals surface area contributed by atoms with E-state index in [2.05, 4.69) is 10.2 Å². The maximum absolute atomic E-state index is 13.7. The molecule has 3 aliphatic rings. The highest BCUT2D eigenvalue weighted by molar-refractivity contribution is 7.91. The van der Waals surface area contributed by atoms with Gasteiger partial charge in [0.15, 0.2) is 11.0 Å². The molecule has 0 saturated carbocycles. The molecular formula is C23H31F3N2O8S. The fraction of sp³-hybridized carbons (Fsp3) is 0.696. The molecule has 3 saturated heterocycles. The molecule has 1 unspecified atom stereocenters. The first-order valence-electron chi connectivity index (χ1n) is 12.3. The zero-order valence-electron chi connectivity index (χ0n) is 20.2. The second-order valence-electron chi connectivity index (χ2n) is 9.19. The predicted octanol–water partition coefficient (Wildman–Crippen LogP) is 2.88. The first kappa shape index (κ1) is 27.9. The molecule has 4 rings (SSSR count). The second-order valence-corrected chi connectivity index (χ2v) is 11.4. The minimum atomic E-state index is -4.78. The van der Waals surface area contributed by atoms with Crippen molar-refractivity contribution in [2.45, 2.75) is 68.4 Å². The van der Waals surface area contributed by atoms with E-state index in [0.29, 0.717) is 31.6 Å². The van der Waals surface area contributed by atoms with Crippen LogP contribution in [0.15, 0.2) is 24.3 Å². The number of hydroxylamine groups is 1. The van der Waals surface area contributed by atoms with Gasteiger partial charge < -0.3 is 18.9 Å². The van der Waals surface area contributed by atoms with Crippen LogP contribution in [-0.2, 0) is 29.1 Å². The Labute approximate surface area is 213 Å². The summed E-state index contributed by atoms with van der Waals surface area (Å²) in [7, 11) is -4.08. The minimum Gasteiger partial charge on any atom is -0.490 e. The molecule has 10 nitrogen and oxygen atoms in total. The molecule has 0 spiro atoms. The molecule has 3 fully saturated rings. The van der Waals surface area contributed by atoms with Crippen molar-refractivity contribution in [2.75, 3.05) is 32.9 Å². The molecule has 0 aliphatic carbocycles. The van der Waals surface area contributed by atoms with Crippen LogP contribution < -0.4 is 15.0 Å². The summed E-state index contributed by atoms with van der Waals surface area (Å²) < 4.78 is 84.6. The summed E-state index contributed by atoms with van der Waals surface area (Å²) in [6, 6.07) is 5.02. The number of nitrogens with one attached hydrogen (secondary N) is 1. The number of benzene rings is 1. The van der Waals surface area contributed by atoms with Crippen LogP contribution in [0.3, 0.4) is 0 Å². The molecule has 0 radical (unpaired) electrons. The Morgan fingerprint density at radius 2 is 1.65 bits per heavy atom. The summed E-state index contributed by atoms with van der Waals surface area (Å²) >= 11 is 0. The van der Waals surface area contributed by atoms with Crippen molar-refractivity contribution in [3.8, 4) is 11.5 Å². The monoisotopic (exact) mass is 552 g/mol. The maximum Gasteiger partial charge on any atom is 0.573 e. The number of alkyl halides is 3. The van der Waals surface area contributed by atoms with Crippen LogP contribution in [0.1, 0.15) is 44.9 Å². The summed E-state index contributed by atoms with van der Waals surface area (Å²) in [6.45, 7) is 1.02. The number of halogens is 3. The Kier molecular flexibility index (Phi) is 8.84. The second kappa shape index (κ2) is 11.7. The van der Waals surface area contributed by atoms with E-state index in [1.165, 1.54) is 16.4 Å². The lowest BCUT2D eigenvalue weighted by molar-refractivity contribution is -0.274. The van der Waals surface area contributed by atoms with Gasteiger partial charge in [-0.15, -0.1) is 13.2 Å². The SMILES string of the molecule is O=C(NOC1CCCCO1)C1(S(=O)(=O)N2CCC(Oc3ccc(OC(F)(F)F)cc3)CC2)CCOCC1. The van der Waals surface area contributed by atoms with E-state index in [1.807, 2.05) is 0 Å². The average molecular weight is 553 g/mol. The zero-order valence-corrected chi connectivity index (χ0v) is 21.0. The van der Waals surface area contributed by atoms with Crippen LogP contribution in [0.25, 0.3) is 0 Å². The fourth-order valence-corrected chi connectivity index (χ4v) is 6.81. The number of hydrogen-bond acceptors (Lipinski definition) is 8. The molecule has 0 bridgehead atoms. The van der Waals surface area contributed by atoms with E-state index < -0.39 is 33.3 Å². The lowest BCUT2D eigenvalue weighted by Gasteiger charge is -2.41. The number of ether oxygens (including phenoxy) is 4. The maximum atomic E-state index is 13.7. The number of rotatable bonds is 8. The Bertz CT molecular complexity index is 1000. The standard InChI is InChI=1S/C23H31F3N2O8S/c24-23(25,26)35-19-6-4-17(5-7-19)34-18-8-12-28(13-9-18)37(30,31)22(10-15-32-16-11-22)21(29)27-36-20-3-1-2-14-33-20/h4-7,18,20H,1-3,8-16H2,(H,27,29). The van der Waals surface area contributed by atoms with E-state index in [1.54, 1.807) is 0 Å². The van der Waals surface area contributed by atoms with Gasteiger partial charge in [-0.1, -0.05) is 0 Å². The van der Waals surface area contributed by atoms with Gasteiger partial charge in [0.1, 0.15) is 17.6 Å². The molecule has 208 valence electrons. The van der Waals surface area contributed by atoms with Crippen LogP contribution in [-0.4, -0.2) is 75.0 Å². The predicted molar refractivity (Wildman–Crippen MR) is 123 cm³/mol. The molecule has 3 heterocycles. The summed E-state index contributed by atoms with van der Waals surface area (Å²) in [6.07, 6.45) is -2.64. The van der Waals surface area contributed by atoms with Crippen molar-refractivity contribution in [1.29, 1.82) is 0 Å². The van der Waals surface area contributed by atoms with Crippen molar-refractivity contribution < 1.29 is 50.2 Å². The number of carbonyl (C=O) groups excluding carboxylic acids is 1. The zero-order chi connectivity index (χ0) is 26.5. The largest absolute Gasteiger partial charge is 0.573 e. The summed E-state index contributed by atoms with van der Waals surface area (Å²) in [4.78, 5) is 18.6. The lowest BCUT2D eigenvalue weighted by Crippen LogP contribution is -2.61. The Hall–Kier alpha value is -2.13. The van der Waals surface area contributed by atoms with Crippen LogP contribution in [0, 0.1) is 0 Å². The van der Waals surface area contributed by atoms with Gasteiger partial charge in [-0.05, 0) is 49.9 Å². The van der Waals surface area contributed by atoms with Crippen molar-refractivity contribution >= 4 is 15.9 Å². The van der Waals surface area contributed by atoms with Gasteiger partial charge in [0.25, 0.3) is 5.91 Å². The molecular weight excluding hydrogens is 521 g/mol. The number of hydrogen-bond donors (Lipinski definition) is 1. The lowest BCUT2D eigenvalue weighted by atomic mass is 9.98. The quantitative estimate of drug-likeness (QED) is 0.490. The number of amides is 1. The first-order chi connectivity index (χ1) is 17.6. The van der Waals surface area contributed by atoms with Gasteiger partial charge in [-0.2, -0.15) is 0 Å². The number of nitrogens with zero attached hydrogens (tertiary/aromatic N) is 1. The molecule has 1 amide bonds. The minimum absolute atomic E-state index is 0.00117. The van der Waals surface area contributed by atoms with E-state index in [9.17, 15) is 26.4 Å². The Morgan fingerprint density at radius 3 is 2.24 bits per heavy atom. The smallest absolute Gasteiger partial charge is 0.490 e. The third kappa shape index (κ3) is 6.85. The van der Waals surface area contributed by atoms with Crippen molar-refractivity contribution in [1.82, 2.24) is 9.79 Å². The normalized spacial score (nSPS) is 23.8. The molecule has 1 N–H and O–H groups in total. The molecule has 0 aromatic heterocycles. The van der Waals surface area contributed by atoms with Gasteiger partial charge in [0.05, 0.1) is 0 Å². The van der Waals surface area contributed by atoms with Gasteiger partial charge in [-0.3, -0.25) is 4.79 Å². The molecule has 37 heavy (non-hydrogen) atoms. The van der Waals surface area contributed by atoms with E-state index in [-0.39, 0.29) is 51.0 Å². The molecule has 3 aliphatic heterocycles. The third-order valence-electron chi connectivity index (χ3n) is 6.73. The average Bonchev–Trinajstić information content (AvgIpc) is 2.89. The van der Waals surface area contributed by atoms with E-state index in [4.69, 9.17) is 19.0 Å². The third-order valence-corrected chi connectivity index (χ3v) is 9.36. The van der Waals surface area contributed by atoms with Crippen LogP contribution >= 0.6 is 0 Å². The van der Waals surface area contributed by atoms with Gasteiger partial charge in [-0.25, -0.2) is 23.0 Å².